The number of hydrogen-bond acceptors (Lipinski definition) is 4. The van der Waals surface area contributed by atoms with Crippen LogP contribution >= 0.6 is 31.9 Å². The quantitative estimate of drug-likeness (QED) is 0.515. The van der Waals surface area contributed by atoms with Crippen LogP contribution < -0.4 is 0 Å². The number of rotatable bonds is 2. The number of halogens is 2. The van der Waals surface area contributed by atoms with Crippen molar-refractivity contribution in [1.29, 1.82) is 5.26 Å². The molecule has 0 aliphatic rings. The molecule has 0 fully saturated rings. The monoisotopic (exact) mass is 433 g/mol. The number of benzene rings is 2. The zero-order chi connectivity index (χ0) is 16.6. The summed E-state index contributed by atoms with van der Waals surface area (Å²) in [6.45, 7) is 0. The molecular formula is C16H9Br2N3O2. The van der Waals surface area contributed by atoms with Crippen LogP contribution in [-0.2, 0) is 0 Å². The van der Waals surface area contributed by atoms with Crippen molar-refractivity contribution in [2.75, 3.05) is 0 Å². The number of nitrogens with zero attached hydrogens (tertiary/aromatic N) is 2. The van der Waals surface area contributed by atoms with E-state index in [1.165, 1.54) is 12.1 Å². The molecule has 0 aliphatic carbocycles. The van der Waals surface area contributed by atoms with Crippen molar-refractivity contribution in [3.05, 3.63) is 50.7 Å². The third-order valence-electron chi connectivity index (χ3n) is 3.26. The van der Waals surface area contributed by atoms with Crippen LogP contribution in [0, 0.1) is 11.3 Å². The SMILES string of the molecule is N#C/C(=C\c1cc(Br)c(O)c(Br)c1O)c1nc2ccccc2[nH]1. The number of fused-ring (bicyclic) bond motifs is 1. The van der Waals surface area contributed by atoms with E-state index in [1.54, 1.807) is 0 Å². The molecule has 0 unspecified atom stereocenters. The predicted molar refractivity (Wildman–Crippen MR) is 94.7 cm³/mol. The van der Waals surface area contributed by atoms with Gasteiger partial charge in [0, 0.05) is 5.56 Å². The van der Waals surface area contributed by atoms with E-state index in [-0.39, 0.29) is 21.5 Å². The molecule has 0 atom stereocenters. The molecule has 0 bridgehead atoms. The van der Waals surface area contributed by atoms with Crippen LogP contribution in [0.5, 0.6) is 11.5 Å². The van der Waals surface area contributed by atoms with E-state index in [0.717, 1.165) is 11.0 Å². The molecule has 0 spiro atoms. The van der Waals surface area contributed by atoms with Crippen LogP contribution in [0.25, 0.3) is 22.7 Å². The number of aromatic amines is 1. The lowest BCUT2D eigenvalue weighted by molar-refractivity contribution is 0.441. The van der Waals surface area contributed by atoms with Gasteiger partial charge in [-0.1, -0.05) is 12.1 Å². The van der Waals surface area contributed by atoms with Gasteiger partial charge in [-0.05, 0) is 56.1 Å². The van der Waals surface area contributed by atoms with Crippen LogP contribution in [0.15, 0.2) is 39.3 Å². The average Bonchev–Trinajstić information content (AvgIpc) is 2.98. The first-order valence-corrected chi connectivity index (χ1v) is 8.06. The number of aromatic hydroxyl groups is 2. The maximum atomic E-state index is 10.1. The van der Waals surface area contributed by atoms with Gasteiger partial charge in [-0.3, -0.25) is 0 Å². The van der Waals surface area contributed by atoms with Gasteiger partial charge in [0.15, 0.2) is 0 Å². The Morgan fingerprint density at radius 3 is 2.65 bits per heavy atom. The molecule has 0 aliphatic heterocycles. The molecule has 1 heterocycles. The zero-order valence-corrected chi connectivity index (χ0v) is 14.7. The Morgan fingerprint density at radius 2 is 1.96 bits per heavy atom. The minimum absolute atomic E-state index is 0.109. The van der Waals surface area contributed by atoms with Crippen LogP contribution in [0.1, 0.15) is 11.4 Å². The van der Waals surface area contributed by atoms with Gasteiger partial charge in [0.25, 0.3) is 0 Å². The number of imidazole rings is 1. The van der Waals surface area contributed by atoms with E-state index < -0.39 is 0 Å². The Bertz CT molecular complexity index is 954. The number of H-pyrrole nitrogens is 1. The number of hydrogen-bond donors (Lipinski definition) is 3. The van der Waals surface area contributed by atoms with Gasteiger partial charge in [0.1, 0.15) is 27.9 Å². The van der Waals surface area contributed by atoms with E-state index in [1.807, 2.05) is 24.3 Å². The van der Waals surface area contributed by atoms with Crippen LogP contribution in [0.4, 0.5) is 0 Å². The normalized spacial score (nSPS) is 11.6. The van der Waals surface area contributed by atoms with E-state index in [9.17, 15) is 15.5 Å². The summed E-state index contributed by atoms with van der Waals surface area (Å²) >= 11 is 6.31. The fourth-order valence-electron chi connectivity index (χ4n) is 2.12. The van der Waals surface area contributed by atoms with Gasteiger partial charge < -0.3 is 15.2 Å². The summed E-state index contributed by atoms with van der Waals surface area (Å²) in [5, 5.41) is 29.3. The molecule has 3 rings (SSSR count). The van der Waals surface area contributed by atoms with Crippen molar-refractivity contribution in [2.45, 2.75) is 0 Å². The Kier molecular flexibility index (Phi) is 4.11. The van der Waals surface area contributed by atoms with Crippen molar-refractivity contribution in [3.63, 3.8) is 0 Å². The number of phenolic OH excluding ortho intramolecular Hbond substituents is 2. The molecule has 23 heavy (non-hydrogen) atoms. The lowest BCUT2D eigenvalue weighted by Gasteiger charge is -2.07. The highest BCUT2D eigenvalue weighted by atomic mass is 79.9. The molecule has 1 aromatic heterocycles. The Morgan fingerprint density at radius 1 is 1.22 bits per heavy atom. The Hall–Kier alpha value is -2.30. The number of para-hydroxylation sites is 2. The van der Waals surface area contributed by atoms with Crippen molar-refractivity contribution >= 4 is 54.5 Å². The van der Waals surface area contributed by atoms with Crippen molar-refractivity contribution in [3.8, 4) is 17.6 Å². The molecule has 7 heteroatoms. The summed E-state index contributed by atoms with van der Waals surface area (Å²) in [5.41, 5.74) is 2.21. The molecule has 2 aromatic carbocycles. The first-order valence-electron chi connectivity index (χ1n) is 6.48. The number of allylic oxidation sites excluding steroid dienone is 1. The first kappa shape index (κ1) is 15.6. The Balaban J connectivity index is 2.15. The maximum Gasteiger partial charge on any atom is 0.149 e. The molecule has 3 N–H and O–H groups in total. The fourth-order valence-corrected chi connectivity index (χ4v) is 3.27. The standard InChI is InChI=1S/C16H9Br2N3O2/c17-10-6-8(14(22)13(18)15(10)23)5-9(7-19)16-20-11-3-1-2-4-12(11)21-16/h1-6,22-23H,(H,20,21)/b9-5+. The highest BCUT2D eigenvalue weighted by molar-refractivity contribution is 9.11. The number of aromatic nitrogens is 2. The van der Waals surface area contributed by atoms with Crippen LogP contribution in [0.3, 0.4) is 0 Å². The number of nitriles is 1. The third-order valence-corrected chi connectivity index (χ3v) is 4.62. The van der Waals surface area contributed by atoms with Crippen molar-refractivity contribution in [2.24, 2.45) is 0 Å². The smallest absolute Gasteiger partial charge is 0.149 e. The number of phenols is 2. The van der Waals surface area contributed by atoms with Gasteiger partial charge in [-0.2, -0.15) is 5.26 Å². The minimum Gasteiger partial charge on any atom is -0.506 e. The topological polar surface area (TPSA) is 92.9 Å². The summed E-state index contributed by atoms with van der Waals surface area (Å²) in [6.07, 6.45) is 1.50. The second-order valence-corrected chi connectivity index (χ2v) is 6.38. The largest absolute Gasteiger partial charge is 0.506 e. The van der Waals surface area contributed by atoms with E-state index in [2.05, 4.69) is 47.9 Å². The molecule has 0 amide bonds. The highest BCUT2D eigenvalue weighted by Gasteiger charge is 2.15. The molecule has 5 nitrogen and oxygen atoms in total. The van der Waals surface area contributed by atoms with Crippen molar-refractivity contribution < 1.29 is 10.2 Å². The second-order valence-electron chi connectivity index (χ2n) is 4.73. The third kappa shape index (κ3) is 2.83. The van der Waals surface area contributed by atoms with Gasteiger partial charge >= 0.3 is 0 Å². The van der Waals surface area contributed by atoms with E-state index in [0.29, 0.717) is 15.9 Å². The lowest BCUT2D eigenvalue weighted by atomic mass is 10.1. The summed E-state index contributed by atoms with van der Waals surface area (Å²) in [4.78, 5) is 7.44. The molecule has 0 saturated heterocycles. The van der Waals surface area contributed by atoms with Gasteiger partial charge in [-0.15, -0.1) is 0 Å². The second kappa shape index (κ2) is 6.07. The predicted octanol–water partition coefficient (Wildman–Crippen LogP) is 4.56. The minimum atomic E-state index is -0.158. The average molecular weight is 435 g/mol. The van der Waals surface area contributed by atoms with E-state index >= 15 is 0 Å². The van der Waals surface area contributed by atoms with Crippen molar-refractivity contribution in [1.82, 2.24) is 9.97 Å². The van der Waals surface area contributed by atoms with Crippen LogP contribution in [-0.4, -0.2) is 20.2 Å². The van der Waals surface area contributed by atoms with Gasteiger partial charge in [0.2, 0.25) is 0 Å². The number of nitrogens with one attached hydrogen (secondary N) is 1. The molecule has 0 saturated carbocycles. The zero-order valence-electron chi connectivity index (χ0n) is 11.5. The van der Waals surface area contributed by atoms with Gasteiger partial charge in [-0.25, -0.2) is 4.98 Å². The maximum absolute atomic E-state index is 10.1. The van der Waals surface area contributed by atoms with E-state index in [4.69, 9.17) is 0 Å². The molecular weight excluding hydrogens is 426 g/mol. The Labute approximate surface area is 148 Å². The van der Waals surface area contributed by atoms with Gasteiger partial charge in [0.05, 0.1) is 21.1 Å². The summed E-state index contributed by atoms with van der Waals surface area (Å²) in [6, 6.07) is 11.0. The lowest BCUT2D eigenvalue weighted by Crippen LogP contribution is -1.87. The first-order chi connectivity index (χ1) is 11.0. The highest BCUT2D eigenvalue weighted by Crippen LogP contribution is 2.42. The van der Waals surface area contributed by atoms with Crippen LogP contribution in [0.2, 0.25) is 0 Å². The molecule has 0 radical (unpaired) electrons. The summed E-state index contributed by atoms with van der Waals surface area (Å²) < 4.78 is 0.551. The molecule has 114 valence electrons. The summed E-state index contributed by atoms with van der Waals surface area (Å²) in [5.74, 6) is 0.143. The fraction of sp³-hybridized carbons (Fsp3) is 0. The molecule has 3 aromatic rings. The summed E-state index contributed by atoms with van der Waals surface area (Å²) in [7, 11) is 0.